The van der Waals surface area contributed by atoms with Crippen LogP contribution >= 0.6 is 0 Å². The monoisotopic (exact) mass is 215 g/mol. The molecule has 2 atom stereocenters. The third kappa shape index (κ3) is 8.88. The lowest BCUT2D eigenvalue weighted by molar-refractivity contribution is 0.0312. The lowest BCUT2D eigenvalue weighted by Gasteiger charge is -2.18. The molecule has 0 heterocycles. The summed E-state index contributed by atoms with van der Waals surface area (Å²) in [5, 5.41) is 0. The Bertz CT molecular complexity index is 128. The lowest BCUT2D eigenvalue weighted by Crippen LogP contribution is -2.16. The molecule has 0 aliphatic heterocycles. The molecule has 2 N–H and O–H groups in total. The van der Waals surface area contributed by atoms with Crippen molar-refractivity contribution < 1.29 is 4.74 Å². The molecule has 2 heteroatoms. The second kappa shape index (κ2) is 10.4. The molecule has 0 aromatic heterocycles. The maximum absolute atomic E-state index is 5.84. The SMILES string of the molecule is CCCCC(CC)COC(C)CCCN. The van der Waals surface area contributed by atoms with Gasteiger partial charge in [0, 0.05) is 6.61 Å². The summed E-state index contributed by atoms with van der Waals surface area (Å²) in [6, 6.07) is 0. The zero-order valence-corrected chi connectivity index (χ0v) is 10.8. The molecular weight excluding hydrogens is 186 g/mol. The molecule has 0 amide bonds. The standard InChI is InChI=1S/C13H29NO/c1-4-6-9-13(5-2)11-15-12(3)8-7-10-14/h12-13H,4-11,14H2,1-3H3. The van der Waals surface area contributed by atoms with Crippen LogP contribution in [-0.4, -0.2) is 19.3 Å². The van der Waals surface area contributed by atoms with E-state index < -0.39 is 0 Å². The average Bonchev–Trinajstić information content (AvgIpc) is 2.26. The molecular formula is C13H29NO. The molecule has 2 unspecified atom stereocenters. The highest BCUT2D eigenvalue weighted by Gasteiger charge is 2.08. The molecule has 15 heavy (non-hydrogen) atoms. The van der Waals surface area contributed by atoms with Gasteiger partial charge in [0.2, 0.25) is 0 Å². The molecule has 2 nitrogen and oxygen atoms in total. The topological polar surface area (TPSA) is 35.2 Å². The summed E-state index contributed by atoms with van der Waals surface area (Å²) >= 11 is 0. The van der Waals surface area contributed by atoms with Gasteiger partial charge in [-0.2, -0.15) is 0 Å². The molecule has 0 fully saturated rings. The van der Waals surface area contributed by atoms with Crippen LogP contribution in [0.25, 0.3) is 0 Å². The van der Waals surface area contributed by atoms with E-state index in [2.05, 4.69) is 20.8 Å². The maximum atomic E-state index is 5.84. The van der Waals surface area contributed by atoms with Crippen molar-refractivity contribution in [2.75, 3.05) is 13.2 Å². The number of ether oxygens (including phenoxy) is 1. The van der Waals surface area contributed by atoms with Gasteiger partial charge in [0.05, 0.1) is 6.10 Å². The maximum Gasteiger partial charge on any atom is 0.0547 e. The molecule has 0 spiro atoms. The second-order valence-corrected chi connectivity index (χ2v) is 4.49. The zero-order chi connectivity index (χ0) is 11.5. The Morgan fingerprint density at radius 3 is 2.40 bits per heavy atom. The predicted molar refractivity (Wildman–Crippen MR) is 67.0 cm³/mol. The van der Waals surface area contributed by atoms with Crippen LogP contribution in [0.3, 0.4) is 0 Å². The fourth-order valence-electron chi connectivity index (χ4n) is 1.69. The van der Waals surface area contributed by atoms with Gasteiger partial charge in [-0.15, -0.1) is 0 Å². The Hall–Kier alpha value is -0.0800. The number of rotatable bonds is 10. The number of hydrogen-bond acceptors (Lipinski definition) is 2. The first kappa shape index (κ1) is 14.9. The van der Waals surface area contributed by atoms with Gasteiger partial charge in [-0.1, -0.05) is 33.1 Å². The minimum Gasteiger partial charge on any atom is -0.378 e. The van der Waals surface area contributed by atoms with Gasteiger partial charge in [-0.25, -0.2) is 0 Å². The van der Waals surface area contributed by atoms with Crippen LogP contribution in [0, 0.1) is 5.92 Å². The highest BCUT2D eigenvalue weighted by atomic mass is 16.5. The molecule has 92 valence electrons. The molecule has 0 aromatic rings. The van der Waals surface area contributed by atoms with E-state index in [1.165, 1.54) is 25.7 Å². The molecule has 0 saturated heterocycles. The van der Waals surface area contributed by atoms with E-state index in [1.807, 2.05) is 0 Å². The molecule has 0 aliphatic carbocycles. The Balaban J connectivity index is 3.50. The van der Waals surface area contributed by atoms with Gasteiger partial charge < -0.3 is 10.5 Å². The van der Waals surface area contributed by atoms with Crippen LogP contribution in [-0.2, 0) is 4.74 Å². The summed E-state index contributed by atoms with van der Waals surface area (Å²) in [7, 11) is 0. The third-order valence-electron chi connectivity index (χ3n) is 2.97. The van der Waals surface area contributed by atoms with E-state index in [4.69, 9.17) is 10.5 Å². The van der Waals surface area contributed by atoms with E-state index >= 15 is 0 Å². The molecule has 0 radical (unpaired) electrons. The van der Waals surface area contributed by atoms with Gasteiger partial charge in [-0.05, 0) is 38.6 Å². The van der Waals surface area contributed by atoms with Crippen molar-refractivity contribution in [3.63, 3.8) is 0 Å². The summed E-state index contributed by atoms with van der Waals surface area (Å²) in [6.07, 6.45) is 7.73. The Morgan fingerprint density at radius 2 is 1.87 bits per heavy atom. The minimum atomic E-state index is 0.379. The molecule has 0 saturated carbocycles. The van der Waals surface area contributed by atoms with Crippen molar-refractivity contribution in [2.24, 2.45) is 11.7 Å². The van der Waals surface area contributed by atoms with E-state index in [0.717, 1.165) is 31.9 Å². The van der Waals surface area contributed by atoms with Gasteiger partial charge in [0.25, 0.3) is 0 Å². The van der Waals surface area contributed by atoms with Gasteiger partial charge in [0.15, 0.2) is 0 Å². The Labute approximate surface area is 95.6 Å². The van der Waals surface area contributed by atoms with Crippen LogP contribution in [0.4, 0.5) is 0 Å². The average molecular weight is 215 g/mol. The minimum absolute atomic E-state index is 0.379. The summed E-state index contributed by atoms with van der Waals surface area (Å²) in [6.45, 7) is 8.37. The van der Waals surface area contributed by atoms with Crippen molar-refractivity contribution in [3.8, 4) is 0 Å². The van der Waals surface area contributed by atoms with E-state index in [-0.39, 0.29) is 0 Å². The zero-order valence-electron chi connectivity index (χ0n) is 10.8. The van der Waals surface area contributed by atoms with E-state index in [0.29, 0.717) is 6.10 Å². The van der Waals surface area contributed by atoms with Crippen molar-refractivity contribution in [2.45, 2.75) is 65.4 Å². The van der Waals surface area contributed by atoms with Crippen LogP contribution in [0.15, 0.2) is 0 Å². The van der Waals surface area contributed by atoms with Crippen LogP contribution < -0.4 is 5.73 Å². The van der Waals surface area contributed by atoms with Gasteiger partial charge in [0.1, 0.15) is 0 Å². The van der Waals surface area contributed by atoms with Crippen LogP contribution in [0.5, 0.6) is 0 Å². The molecule has 0 aliphatic rings. The highest BCUT2D eigenvalue weighted by molar-refractivity contribution is 4.58. The largest absolute Gasteiger partial charge is 0.378 e. The first-order valence-electron chi connectivity index (χ1n) is 6.56. The van der Waals surface area contributed by atoms with Gasteiger partial charge >= 0.3 is 0 Å². The Morgan fingerprint density at radius 1 is 1.13 bits per heavy atom. The predicted octanol–water partition coefficient (Wildman–Crippen LogP) is 3.35. The smallest absolute Gasteiger partial charge is 0.0547 e. The summed E-state index contributed by atoms with van der Waals surface area (Å²) in [5.41, 5.74) is 5.47. The molecule has 0 bridgehead atoms. The normalized spacial score (nSPS) is 15.2. The highest BCUT2D eigenvalue weighted by Crippen LogP contribution is 2.14. The summed E-state index contributed by atoms with van der Waals surface area (Å²) in [5.74, 6) is 0.755. The van der Waals surface area contributed by atoms with E-state index in [1.54, 1.807) is 0 Å². The fourth-order valence-corrected chi connectivity index (χ4v) is 1.69. The second-order valence-electron chi connectivity index (χ2n) is 4.49. The summed E-state index contributed by atoms with van der Waals surface area (Å²) in [4.78, 5) is 0. The molecule has 0 aromatic carbocycles. The number of unbranched alkanes of at least 4 members (excludes halogenated alkanes) is 1. The lowest BCUT2D eigenvalue weighted by atomic mass is 10.0. The quantitative estimate of drug-likeness (QED) is 0.606. The van der Waals surface area contributed by atoms with Crippen LogP contribution in [0.2, 0.25) is 0 Å². The Kier molecular flexibility index (Phi) is 10.4. The van der Waals surface area contributed by atoms with E-state index in [9.17, 15) is 0 Å². The van der Waals surface area contributed by atoms with Crippen LogP contribution in [0.1, 0.15) is 59.3 Å². The number of hydrogen-bond donors (Lipinski definition) is 1. The first-order chi connectivity index (χ1) is 7.24. The van der Waals surface area contributed by atoms with Gasteiger partial charge in [-0.3, -0.25) is 0 Å². The molecule has 0 rings (SSSR count). The van der Waals surface area contributed by atoms with Crippen molar-refractivity contribution >= 4 is 0 Å². The summed E-state index contributed by atoms with van der Waals surface area (Å²) < 4.78 is 5.84. The third-order valence-corrected chi connectivity index (χ3v) is 2.97. The van der Waals surface area contributed by atoms with Crippen molar-refractivity contribution in [1.82, 2.24) is 0 Å². The number of nitrogens with two attached hydrogens (primary N) is 1. The van der Waals surface area contributed by atoms with Crippen molar-refractivity contribution in [1.29, 1.82) is 0 Å². The fraction of sp³-hybridized carbons (Fsp3) is 1.00. The van der Waals surface area contributed by atoms with Crippen molar-refractivity contribution in [3.05, 3.63) is 0 Å². The first-order valence-corrected chi connectivity index (χ1v) is 6.56.